The van der Waals surface area contributed by atoms with Crippen LogP contribution in [0, 0.1) is 6.92 Å². The van der Waals surface area contributed by atoms with E-state index >= 15 is 0 Å². The summed E-state index contributed by atoms with van der Waals surface area (Å²) in [6.45, 7) is 5.98. The standard InChI is InChI=1S/C12H18N2O2/c1-4-10(5-2)14-11-7-9(12(15)16)6-8(3)13-11/h6-7,10H,4-5H2,1-3H3,(H,13,14)(H,15,16). The first-order valence-electron chi connectivity index (χ1n) is 5.55. The molecule has 0 bridgehead atoms. The lowest BCUT2D eigenvalue weighted by Crippen LogP contribution is -2.18. The second kappa shape index (κ2) is 5.49. The summed E-state index contributed by atoms with van der Waals surface area (Å²) in [6.07, 6.45) is 1.99. The summed E-state index contributed by atoms with van der Waals surface area (Å²) in [6, 6.07) is 3.49. The van der Waals surface area contributed by atoms with E-state index < -0.39 is 5.97 Å². The highest BCUT2D eigenvalue weighted by atomic mass is 16.4. The molecule has 16 heavy (non-hydrogen) atoms. The topological polar surface area (TPSA) is 62.2 Å². The molecule has 4 heteroatoms. The lowest BCUT2D eigenvalue weighted by Gasteiger charge is -2.16. The van der Waals surface area contributed by atoms with E-state index in [0.717, 1.165) is 12.8 Å². The van der Waals surface area contributed by atoms with Crippen LogP contribution in [0.3, 0.4) is 0 Å². The zero-order chi connectivity index (χ0) is 12.1. The van der Waals surface area contributed by atoms with Crippen LogP contribution < -0.4 is 5.32 Å². The molecule has 1 aromatic heterocycles. The molecule has 1 rings (SSSR count). The number of carboxylic acid groups (broad SMARTS) is 1. The van der Waals surface area contributed by atoms with Crippen molar-refractivity contribution in [1.82, 2.24) is 4.98 Å². The van der Waals surface area contributed by atoms with Crippen molar-refractivity contribution in [1.29, 1.82) is 0 Å². The Kier molecular flexibility index (Phi) is 4.28. The Bertz CT molecular complexity index is 373. The summed E-state index contributed by atoms with van der Waals surface area (Å²) in [5, 5.41) is 12.2. The average molecular weight is 222 g/mol. The highest BCUT2D eigenvalue weighted by molar-refractivity contribution is 5.88. The van der Waals surface area contributed by atoms with Gasteiger partial charge in [-0.05, 0) is 31.9 Å². The maximum absolute atomic E-state index is 10.9. The first kappa shape index (κ1) is 12.5. The third-order valence-corrected chi connectivity index (χ3v) is 2.54. The maximum atomic E-state index is 10.9. The Morgan fingerprint density at radius 1 is 1.44 bits per heavy atom. The quantitative estimate of drug-likeness (QED) is 0.804. The minimum absolute atomic E-state index is 0.279. The Morgan fingerprint density at radius 3 is 2.56 bits per heavy atom. The van der Waals surface area contributed by atoms with Gasteiger partial charge in [0.25, 0.3) is 0 Å². The van der Waals surface area contributed by atoms with Crippen molar-refractivity contribution in [2.24, 2.45) is 0 Å². The molecule has 0 unspecified atom stereocenters. The summed E-state index contributed by atoms with van der Waals surface area (Å²) >= 11 is 0. The maximum Gasteiger partial charge on any atom is 0.335 e. The van der Waals surface area contributed by atoms with Crippen molar-refractivity contribution in [2.45, 2.75) is 39.7 Å². The van der Waals surface area contributed by atoms with Gasteiger partial charge in [0, 0.05) is 11.7 Å². The van der Waals surface area contributed by atoms with Gasteiger partial charge in [-0.1, -0.05) is 13.8 Å². The predicted molar refractivity (Wildman–Crippen MR) is 63.9 cm³/mol. The van der Waals surface area contributed by atoms with Crippen LogP contribution in [0.1, 0.15) is 42.7 Å². The van der Waals surface area contributed by atoms with E-state index in [0.29, 0.717) is 17.6 Å². The molecule has 0 aliphatic rings. The van der Waals surface area contributed by atoms with Gasteiger partial charge < -0.3 is 10.4 Å². The van der Waals surface area contributed by atoms with Crippen molar-refractivity contribution in [3.8, 4) is 0 Å². The Labute approximate surface area is 95.7 Å². The molecule has 0 amide bonds. The van der Waals surface area contributed by atoms with Crippen molar-refractivity contribution in [3.05, 3.63) is 23.4 Å². The molecule has 0 spiro atoms. The lowest BCUT2D eigenvalue weighted by atomic mass is 10.1. The third-order valence-electron chi connectivity index (χ3n) is 2.54. The zero-order valence-electron chi connectivity index (χ0n) is 9.95. The normalized spacial score (nSPS) is 10.5. The third kappa shape index (κ3) is 3.22. The molecular formula is C12H18N2O2. The molecule has 0 fully saturated rings. The van der Waals surface area contributed by atoms with Crippen LogP contribution in [0.2, 0.25) is 0 Å². The summed E-state index contributed by atoms with van der Waals surface area (Å²) < 4.78 is 0. The molecule has 2 N–H and O–H groups in total. The number of aromatic nitrogens is 1. The Morgan fingerprint density at radius 2 is 2.06 bits per heavy atom. The van der Waals surface area contributed by atoms with E-state index in [9.17, 15) is 4.79 Å². The molecule has 0 aliphatic carbocycles. The fourth-order valence-electron chi connectivity index (χ4n) is 1.57. The second-order valence-electron chi connectivity index (χ2n) is 3.85. The van der Waals surface area contributed by atoms with Gasteiger partial charge in [0.2, 0.25) is 0 Å². The predicted octanol–water partition coefficient (Wildman–Crippen LogP) is 2.69. The summed E-state index contributed by atoms with van der Waals surface area (Å²) in [4.78, 5) is 15.2. The van der Waals surface area contributed by atoms with Crippen LogP contribution in [0.4, 0.5) is 5.82 Å². The van der Waals surface area contributed by atoms with Crippen LogP contribution in [0.25, 0.3) is 0 Å². The van der Waals surface area contributed by atoms with Gasteiger partial charge >= 0.3 is 5.97 Å². The number of aromatic carboxylic acids is 1. The lowest BCUT2D eigenvalue weighted by molar-refractivity contribution is 0.0696. The minimum Gasteiger partial charge on any atom is -0.478 e. The van der Waals surface area contributed by atoms with E-state index in [1.165, 1.54) is 0 Å². The van der Waals surface area contributed by atoms with Gasteiger partial charge in [0.05, 0.1) is 5.56 Å². The molecule has 88 valence electrons. The number of carboxylic acids is 1. The van der Waals surface area contributed by atoms with E-state index in [1.807, 2.05) is 0 Å². The smallest absolute Gasteiger partial charge is 0.335 e. The van der Waals surface area contributed by atoms with Gasteiger partial charge in [0.15, 0.2) is 0 Å². The molecule has 0 radical (unpaired) electrons. The molecule has 1 heterocycles. The zero-order valence-corrected chi connectivity index (χ0v) is 9.95. The number of pyridine rings is 1. The van der Waals surface area contributed by atoms with Crippen molar-refractivity contribution >= 4 is 11.8 Å². The molecule has 0 atom stereocenters. The largest absolute Gasteiger partial charge is 0.478 e. The summed E-state index contributed by atoms with van der Waals surface area (Å²) in [7, 11) is 0. The van der Waals surface area contributed by atoms with Gasteiger partial charge in [-0.25, -0.2) is 9.78 Å². The highest BCUT2D eigenvalue weighted by Gasteiger charge is 2.09. The highest BCUT2D eigenvalue weighted by Crippen LogP contribution is 2.13. The van der Waals surface area contributed by atoms with Crippen LogP contribution in [-0.2, 0) is 0 Å². The fraction of sp³-hybridized carbons (Fsp3) is 0.500. The van der Waals surface area contributed by atoms with Crippen LogP contribution in [0.5, 0.6) is 0 Å². The summed E-state index contributed by atoms with van der Waals surface area (Å²) in [5.41, 5.74) is 0.995. The van der Waals surface area contributed by atoms with Gasteiger partial charge in [-0.3, -0.25) is 0 Å². The number of hydrogen-bond donors (Lipinski definition) is 2. The van der Waals surface area contributed by atoms with E-state index in [1.54, 1.807) is 19.1 Å². The van der Waals surface area contributed by atoms with Gasteiger partial charge in [-0.15, -0.1) is 0 Å². The molecule has 4 nitrogen and oxygen atoms in total. The number of aryl methyl sites for hydroxylation is 1. The van der Waals surface area contributed by atoms with Crippen LogP contribution in [-0.4, -0.2) is 22.1 Å². The van der Waals surface area contributed by atoms with E-state index in [4.69, 9.17) is 5.11 Å². The first-order chi connectivity index (χ1) is 7.56. The number of nitrogens with zero attached hydrogens (tertiary/aromatic N) is 1. The summed E-state index contributed by atoms with van der Waals surface area (Å²) in [5.74, 6) is -0.274. The van der Waals surface area contributed by atoms with E-state index in [-0.39, 0.29) is 5.56 Å². The number of rotatable bonds is 5. The number of carbonyl (C=O) groups is 1. The van der Waals surface area contributed by atoms with Gasteiger partial charge in [-0.2, -0.15) is 0 Å². The number of hydrogen-bond acceptors (Lipinski definition) is 3. The van der Waals surface area contributed by atoms with Crippen molar-refractivity contribution in [2.75, 3.05) is 5.32 Å². The minimum atomic E-state index is -0.918. The first-order valence-corrected chi connectivity index (χ1v) is 5.55. The molecule has 0 saturated heterocycles. The molecule has 1 aromatic rings. The molecule has 0 saturated carbocycles. The fourth-order valence-corrected chi connectivity index (χ4v) is 1.57. The second-order valence-corrected chi connectivity index (χ2v) is 3.85. The van der Waals surface area contributed by atoms with E-state index in [2.05, 4.69) is 24.1 Å². The number of anilines is 1. The van der Waals surface area contributed by atoms with Crippen LogP contribution >= 0.6 is 0 Å². The van der Waals surface area contributed by atoms with Crippen molar-refractivity contribution < 1.29 is 9.90 Å². The van der Waals surface area contributed by atoms with Gasteiger partial charge in [0.1, 0.15) is 5.82 Å². The SMILES string of the molecule is CCC(CC)Nc1cc(C(=O)O)cc(C)n1. The Balaban J connectivity index is 2.91. The monoisotopic (exact) mass is 222 g/mol. The molecule has 0 aliphatic heterocycles. The average Bonchev–Trinajstić information content (AvgIpc) is 2.25. The Hall–Kier alpha value is -1.58. The molecule has 0 aromatic carbocycles. The van der Waals surface area contributed by atoms with Crippen molar-refractivity contribution in [3.63, 3.8) is 0 Å². The van der Waals surface area contributed by atoms with Crippen LogP contribution in [0.15, 0.2) is 12.1 Å². The molecular weight excluding hydrogens is 204 g/mol. The number of nitrogens with one attached hydrogen (secondary N) is 1.